The van der Waals surface area contributed by atoms with Crippen molar-refractivity contribution in [1.82, 2.24) is 9.47 Å². The standard InChI is InChI=1S/C29H28BrN3O6S2/c1-38-19-11-6-16(14-20(19)39-2)22-23-24(27(36)33(26(23)35)18-9-7-17(30)8-10-18)40-28-25(22)41-29(37)32(28)15-21(34)31-12-4-3-5-13-31/h6-11,14,22-24H,3-5,12-13,15H2,1-2H3/t22-,23+,24-/m0/s1. The number of nitrogens with zero attached hydrogens (tertiary/aromatic N) is 3. The van der Waals surface area contributed by atoms with Crippen LogP contribution in [-0.4, -0.2) is 59.7 Å². The first-order valence-corrected chi connectivity index (χ1v) is 15.8. The van der Waals surface area contributed by atoms with Crippen molar-refractivity contribution in [1.29, 1.82) is 0 Å². The molecule has 0 unspecified atom stereocenters. The number of anilines is 1. The second kappa shape index (κ2) is 11.3. The van der Waals surface area contributed by atoms with E-state index in [4.69, 9.17) is 9.47 Å². The normalized spacial score (nSPS) is 22.0. The number of hydrogen-bond acceptors (Lipinski definition) is 8. The van der Waals surface area contributed by atoms with Gasteiger partial charge in [-0.25, -0.2) is 4.90 Å². The van der Waals surface area contributed by atoms with E-state index in [9.17, 15) is 19.2 Å². The van der Waals surface area contributed by atoms with E-state index in [1.807, 2.05) is 11.0 Å². The molecule has 4 heterocycles. The van der Waals surface area contributed by atoms with Gasteiger partial charge in [0, 0.05) is 28.4 Å². The van der Waals surface area contributed by atoms with Gasteiger partial charge >= 0.3 is 4.87 Å². The molecule has 12 heteroatoms. The monoisotopic (exact) mass is 657 g/mol. The molecule has 3 amide bonds. The molecule has 3 aromatic rings. The molecule has 214 valence electrons. The molecule has 2 fully saturated rings. The Kier molecular flexibility index (Phi) is 7.73. The minimum Gasteiger partial charge on any atom is -0.493 e. The van der Waals surface area contributed by atoms with Gasteiger partial charge in [-0.3, -0.25) is 23.7 Å². The van der Waals surface area contributed by atoms with Crippen molar-refractivity contribution in [3.63, 3.8) is 0 Å². The molecule has 0 radical (unpaired) electrons. The number of fused-ring (bicyclic) bond motifs is 2. The molecule has 9 nitrogen and oxygen atoms in total. The van der Waals surface area contributed by atoms with E-state index in [1.165, 1.54) is 28.3 Å². The summed E-state index contributed by atoms with van der Waals surface area (Å²) in [5.74, 6) is -1.09. The van der Waals surface area contributed by atoms with E-state index < -0.39 is 17.1 Å². The summed E-state index contributed by atoms with van der Waals surface area (Å²) in [6.45, 7) is 1.27. The number of likely N-dealkylation sites (tertiary alicyclic amines) is 1. The average molecular weight is 659 g/mol. The third-order valence-electron chi connectivity index (χ3n) is 7.90. The Bertz CT molecular complexity index is 1580. The molecule has 3 atom stereocenters. The number of hydrogen-bond donors (Lipinski definition) is 0. The van der Waals surface area contributed by atoms with Gasteiger partial charge in [0.2, 0.25) is 17.7 Å². The molecule has 0 spiro atoms. The lowest BCUT2D eigenvalue weighted by Crippen LogP contribution is -2.39. The molecule has 0 saturated carbocycles. The SMILES string of the molecule is COc1ccc([C@@H]2c3sc(=O)n(CC(=O)N4CCCCC4)c3S[C@@H]3C(=O)N(c4ccc(Br)cc4)C(=O)[C@H]23)cc1OC. The highest BCUT2D eigenvalue weighted by molar-refractivity contribution is 9.10. The lowest BCUT2D eigenvalue weighted by Gasteiger charge is -2.31. The number of imide groups is 1. The Morgan fingerprint density at radius 3 is 2.34 bits per heavy atom. The first kappa shape index (κ1) is 28.0. The van der Waals surface area contributed by atoms with Crippen LogP contribution in [0.25, 0.3) is 0 Å². The predicted molar refractivity (Wildman–Crippen MR) is 160 cm³/mol. The fraction of sp³-hybridized carbons (Fsp3) is 0.379. The van der Waals surface area contributed by atoms with Crippen molar-refractivity contribution in [2.75, 3.05) is 32.2 Å². The summed E-state index contributed by atoms with van der Waals surface area (Å²) >= 11 is 5.67. The number of benzene rings is 2. The summed E-state index contributed by atoms with van der Waals surface area (Å²) in [6, 6.07) is 12.4. The average Bonchev–Trinajstić information content (AvgIpc) is 3.43. The molecule has 6 rings (SSSR count). The Balaban J connectivity index is 1.46. The van der Waals surface area contributed by atoms with Crippen LogP contribution in [0.15, 0.2) is 56.8 Å². The van der Waals surface area contributed by atoms with E-state index >= 15 is 0 Å². The van der Waals surface area contributed by atoms with Gasteiger partial charge in [0.15, 0.2) is 11.5 Å². The van der Waals surface area contributed by atoms with E-state index in [0.717, 1.165) is 40.6 Å². The zero-order valence-electron chi connectivity index (χ0n) is 22.5. The molecule has 0 aliphatic carbocycles. The topological polar surface area (TPSA) is 98.1 Å². The molecule has 41 heavy (non-hydrogen) atoms. The van der Waals surface area contributed by atoms with E-state index in [1.54, 1.807) is 43.5 Å². The summed E-state index contributed by atoms with van der Waals surface area (Å²) in [4.78, 5) is 58.0. The first-order chi connectivity index (χ1) is 19.8. The fourth-order valence-corrected chi connectivity index (χ4v) is 8.92. The Morgan fingerprint density at radius 1 is 0.951 bits per heavy atom. The second-order valence-corrected chi connectivity index (χ2v) is 13.2. The van der Waals surface area contributed by atoms with Gasteiger partial charge in [-0.05, 0) is 61.2 Å². The van der Waals surface area contributed by atoms with Crippen molar-refractivity contribution in [3.8, 4) is 11.5 Å². The number of halogens is 1. The van der Waals surface area contributed by atoms with Crippen LogP contribution in [0.5, 0.6) is 11.5 Å². The minimum atomic E-state index is -0.762. The Morgan fingerprint density at radius 2 is 1.66 bits per heavy atom. The molecule has 2 saturated heterocycles. The highest BCUT2D eigenvalue weighted by Crippen LogP contribution is 2.54. The van der Waals surface area contributed by atoms with Crippen molar-refractivity contribution >= 4 is 62.4 Å². The van der Waals surface area contributed by atoms with Crippen LogP contribution < -0.4 is 19.2 Å². The Labute approximate surface area is 253 Å². The number of piperidine rings is 1. The molecule has 0 N–H and O–H groups in total. The van der Waals surface area contributed by atoms with Crippen LogP contribution in [0, 0.1) is 5.92 Å². The predicted octanol–water partition coefficient (Wildman–Crippen LogP) is 4.50. The van der Waals surface area contributed by atoms with Gasteiger partial charge in [-0.15, -0.1) is 0 Å². The van der Waals surface area contributed by atoms with Crippen molar-refractivity contribution in [2.45, 2.75) is 42.0 Å². The quantitative estimate of drug-likeness (QED) is 0.360. The van der Waals surface area contributed by atoms with E-state index in [0.29, 0.717) is 40.2 Å². The van der Waals surface area contributed by atoms with Gasteiger partial charge in [0.25, 0.3) is 0 Å². The second-order valence-electron chi connectivity index (χ2n) is 10.2. The summed E-state index contributed by atoms with van der Waals surface area (Å²) < 4.78 is 13.3. The maximum atomic E-state index is 14.1. The number of methoxy groups -OCH3 is 2. The zero-order valence-corrected chi connectivity index (χ0v) is 25.7. The largest absolute Gasteiger partial charge is 0.493 e. The number of thiazole rings is 1. The Hall–Kier alpha value is -3.09. The molecule has 3 aliphatic rings. The summed E-state index contributed by atoms with van der Waals surface area (Å²) in [7, 11) is 3.08. The van der Waals surface area contributed by atoms with Crippen LogP contribution in [0.3, 0.4) is 0 Å². The van der Waals surface area contributed by atoms with Crippen molar-refractivity contribution in [3.05, 3.63) is 67.0 Å². The number of aromatic nitrogens is 1. The number of amides is 3. The third kappa shape index (κ3) is 4.89. The number of rotatable bonds is 6. The van der Waals surface area contributed by atoms with E-state index in [2.05, 4.69) is 15.9 Å². The zero-order chi connectivity index (χ0) is 28.8. The van der Waals surface area contributed by atoms with Gasteiger partial charge in [-0.2, -0.15) is 0 Å². The fourth-order valence-electron chi connectivity index (χ4n) is 5.88. The van der Waals surface area contributed by atoms with E-state index in [-0.39, 0.29) is 29.1 Å². The maximum absolute atomic E-state index is 14.1. The van der Waals surface area contributed by atoms with Gasteiger partial charge in [0.05, 0.1) is 30.9 Å². The number of ether oxygens (including phenoxy) is 2. The van der Waals surface area contributed by atoms with Crippen LogP contribution in [0.1, 0.15) is 35.6 Å². The highest BCUT2D eigenvalue weighted by atomic mass is 79.9. The highest BCUT2D eigenvalue weighted by Gasteiger charge is 2.57. The molecule has 1 aromatic heterocycles. The molecular formula is C29H28BrN3O6S2. The minimum absolute atomic E-state index is 0.0910. The third-order valence-corrected chi connectivity index (χ3v) is 11.0. The molecule has 2 aromatic carbocycles. The smallest absolute Gasteiger partial charge is 0.308 e. The lowest BCUT2D eigenvalue weighted by atomic mass is 9.83. The van der Waals surface area contributed by atoms with Crippen LogP contribution in [0.4, 0.5) is 5.69 Å². The first-order valence-electron chi connectivity index (χ1n) is 13.4. The summed E-state index contributed by atoms with van der Waals surface area (Å²) in [6.07, 6.45) is 2.99. The van der Waals surface area contributed by atoms with Crippen LogP contribution in [-0.2, 0) is 20.9 Å². The van der Waals surface area contributed by atoms with Crippen molar-refractivity contribution in [2.24, 2.45) is 5.92 Å². The van der Waals surface area contributed by atoms with Gasteiger partial charge < -0.3 is 14.4 Å². The number of carbonyl (C=O) groups is 3. The molecular weight excluding hydrogens is 630 g/mol. The molecule has 3 aliphatic heterocycles. The number of thioether (sulfide) groups is 1. The maximum Gasteiger partial charge on any atom is 0.308 e. The summed E-state index contributed by atoms with van der Waals surface area (Å²) in [5.41, 5.74) is 1.22. The van der Waals surface area contributed by atoms with Gasteiger partial charge in [-0.1, -0.05) is 45.1 Å². The van der Waals surface area contributed by atoms with Crippen molar-refractivity contribution < 1.29 is 23.9 Å². The van der Waals surface area contributed by atoms with Gasteiger partial charge in [0.1, 0.15) is 11.8 Å². The number of carbonyl (C=O) groups excluding carboxylic acids is 3. The molecule has 0 bridgehead atoms. The van der Waals surface area contributed by atoms with Crippen LogP contribution in [0.2, 0.25) is 0 Å². The lowest BCUT2D eigenvalue weighted by molar-refractivity contribution is -0.133. The van der Waals surface area contributed by atoms with Crippen LogP contribution >= 0.6 is 39.0 Å². The summed E-state index contributed by atoms with van der Waals surface area (Å²) in [5, 5.41) is -0.188.